The fourth-order valence-electron chi connectivity index (χ4n) is 3.69. The Morgan fingerprint density at radius 1 is 1.25 bits per heavy atom. The molecule has 9 heteroatoms. The van der Waals surface area contributed by atoms with Crippen LogP contribution in [0.3, 0.4) is 0 Å². The molecule has 4 rings (SSSR count). The van der Waals surface area contributed by atoms with Gasteiger partial charge in [-0.2, -0.15) is 18.3 Å². The highest BCUT2D eigenvalue weighted by Gasteiger charge is 2.43. The standard InChI is InChI=1S/C19H20F3N5O/c1-25-11-14(10-23-25)17(19(20,21)22)24-18(28)26-7-4-8-27-15(12-26)9-13-5-2-3-6-16(13)27/h2-3,5-6,9-11,17H,4,7-8,12H2,1H3,(H,24,28)/t17-/m0/s1. The van der Waals surface area contributed by atoms with Crippen molar-refractivity contribution < 1.29 is 18.0 Å². The van der Waals surface area contributed by atoms with E-state index >= 15 is 0 Å². The smallest absolute Gasteiger partial charge is 0.343 e. The number of aryl methyl sites for hydroxylation is 2. The van der Waals surface area contributed by atoms with Crippen molar-refractivity contribution in [3.63, 3.8) is 0 Å². The largest absolute Gasteiger partial charge is 0.413 e. The Hall–Kier alpha value is -2.97. The van der Waals surface area contributed by atoms with E-state index in [9.17, 15) is 18.0 Å². The number of fused-ring (bicyclic) bond motifs is 3. The number of para-hydroxylation sites is 1. The molecule has 0 aliphatic carbocycles. The van der Waals surface area contributed by atoms with Crippen LogP contribution >= 0.6 is 0 Å². The number of carbonyl (C=O) groups excluding carboxylic acids is 1. The van der Waals surface area contributed by atoms with Crippen LogP contribution in [0, 0.1) is 0 Å². The lowest BCUT2D eigenvalue weighted by Crippen LogP contribution is -2.45. The van der Waals surface area contributed by atoms with Gasteiger partial charge in [-0.25, -0.2) is 4.79 Å². The maximum Gasteiger partial charge on any atom is 0.413 e. The number of hydrogen-bond donors (Lipinski definition) is 1. The third-order valence-electron chi connectivity index (χ3n) is 5.00. The van der Waals surface area contributed by atoms with E-state index in [1.807, 2.05) is 30.3 Å². The Morgan fingerprint density at radius 3 is 2.75 bits per heavy atom. The third kappa shape index (κ3) is 3.44. The van der Waals surface area contributed by atoms with Crippen LogP contribution in [-0.4, -0.2) is 38.0 Å². The molecule has 0 radical (unpaired) electrons. The molecule has 0 fully saturated rings. The van der Waals surface area contributed by atoms with E-state index in [0.717, 1.165) is 29.3 Å². The van der Waals surface area contributed by atoms with E-state index in [1.54, 1.807) is 0 Å². The second-order valence-electron chi connectivity index (χ2n) is 6.99. The van der Waals surface area contributed by atoms with Crippen LogP contribution in [-0.2, 0) is 20.1 Å². The van der Waals surface area contributed by atoms with E-state index < -0.39 is 18.2 Å². The zero-order chi connectivity index (χ0) is 19.9. The molecule has 3 aromatic rings. The number of benzene rings is 1. The Balaban J connectivity index is 1.57. The third-order valence-corrected chi connectivity index (χ3v) is 5.00. The molecule has 1 aromatic carbocycles. The zero-order valence-corrected chi connectivity index (χ0v) is 15.3. The molecule has 1 aliphatic heterocycles. The molecule has 2 aromatic heterocycles. The van der Waals surface area contributed by atoms with Gasteiger partial charge in [0.2, 0.25) is 0 Å². The van der Waals surface area contributed by atoms with Gasteiger partial charge in [0.25, 0.3) is 0 Å². The van der Waals surface area contributed by atoms with E-state index in [2.05, 4.69) is 15.0 Å². The number of halogens is 3. The zero-order valence-electron chi connectivity index (χ0n) is 15.3. The lowest BCUT2D eigenvalue weighted by atomic mass is 10.1. The lowest BCUT2D eigenvalue weighted by Gasteiger charge is -2.26. The van der Waals surface area contributed by atoms with Crippen LogP contribution in [0.5, 0.6) is 0 Å². The Kier molecular flexibility index (Phi) is 4.52. The van der Waals surface area contributed by atoms with Gasteiger partial charge >= 0.3 is 12.2 Å². The number of aromatic nitrogens is 3. The van der Waals surface area contributed by atoms with Crippen molar-refractivity contribution in [2.75, 3.05) is 6.54 Å². The van der Waals surface area contributed by atoms with Crippen LogP contribution < -0.4 is 5.32 Å². The van der Waals surface area contributed by atoms with Crippen LogP contribution in [0.25, 0.3) is 10.9 Å². The van der Waals surface area contributed by atoms with Crippen molar-refractivity contribution in [1.82, 2.24) is 24.6 Å². The number of nitrogens with one attached hydrogen (secondary N) is 1. The first-order valence-electron chi connectivity index (χ1n) is 9.01. The molecule has 0 saturated heterocycles. The minimum atomic E-state index is -4.61. The first kappa shape index (κ1) is 18.4. The predicted molar refractivity (Wildman–Crippen MR) is 97.5 cm³/mol. The topological polar surface area (TPSA) is 55.1 Å². The summed E-state index contributed by atoms with van der Waals surface area (Å²) in [5.74, 6) is 0. The quantitative estimate of drug-likeness (QED) is 0.726. The summed E-state index contributed by atoms with van der Waals surface area (Å²) in [6, 6.07) is 7.05. The Bertz CT molecular complexity index is 1010. The van der Waals surface area contributed by atoms with Gasteiger partial charge in [-0.3, -0.25) is 4.68 Å². The van der Waals surface area contributed by atoms with Crippen LogP contribution in [0.15, 0.2) is 42.7 Å². The van der Waals surface area contributed by atoms with Crippen molar-refractivity contribution in [3.05, 3.63) is 54.0 Å². The minimum absolute atomic E-state index is 0.0905. The monoisotopic (exact) mass is 391 g/mol. The summed E-state index contributed by atoms with van der Waals surface area (Å²) in [5, 5.41) is 6.99. The molecule has 1 aliphatic rings. The van der Waals surface area contributed by atoms with Crippen molar-refractivity contribution in [2.24, 2.45) is 7.05 Å². The van der Waals surface area contributed by atoms with Gasteiger partial charge in [0.15, 0.2) is 6.04 Å². The van der Waals surface area contributed by atoms with Crippen molar-refractivity contribution in [1.29, 1.82) is 0 Å². The number of rotatable bonds is 2. The molecule has 0 bridgehead atoms. The molecule has 28 heavy (non-hydrogen) atoms. The van der Waals surface area contributed by atoms with Gasteiger partial charge < -0.3 is 14.8 Å². The molecule has 0 unspecified atom stereocenters. The summed E-state index contributed by atoms with van der Waals surface area (Å²) in [7, 11) is 1.53. The molecule has 1 N–H and O–H groups in total. The molecule has 148 valence electrons. The number of amides is 2. The minimum Gasteiger partial charge on any atom is -0.343 e. The first-order valence-corrected chi connectivity index (χ1v) is 9.01. The maximum atomic E-state index is 13.5. The van der Waals surface area contributed by atoms with Crippen molar-refractivity contribution >= 4 is 16.9 Å². The number of hydrogen-bond acceptors (Lipinski definition) is 2. The van der Waals surface area contributed by atoms with E-state index in [-0.39, 0.29) is 12.1 Å². The highest BCUT2D eigenvalue weighted by molar-refractivity contribution is 5.82. The fraction of sp³-hybridized carbons (Fsp3) is 0.368. The molecule has 2 amide bonds. The van der Waals surface area contributed by atoms with Gasteiger partial charge in [0.05, 0.1) is 12.7 Å². The molecule has 0 saturated carbocycles. The van der Waals surface area contributed by atoms with Crippen molar-refractivity contribution in [2.45, 2.75) is 31.7 Å². The summed E-state index contributed by atoms with van der Waals surface area (Å²) >= 11 is 0. The van der Waals surface area contributed by atoms with Crippen molar-refractivity contribution in [3.8, 4) is 0 Å². The Labute approximate surface area is 159 Å². The van der Waals surface area contributed by atoms with Gasteiger partial charge in [-0.1, -0.05) is 18.2 Å². The molecular formula is C19H20F3N5O. The molecule has 3 heterocycles. The first-order chi connectivity index (χ1) is 13.3. The average Bonchev–Trinajstić information content (AvgIpc) is 3.14. The second kappa shape index (κ2) is 6.88. The molecule has 0 spiro atoms. The maximum absolute atomic E-state index is 13.5. The predicted octanol–water partition coefficient (Wildman–Crippen LogP) is 3.59. The lowest BCUT2D eigenvalue weighted by molar-refractivity contribution is -0.155. The molecule has 6 nitrogen and oxygen atoms in total. The number of nitrogens with zero attached hydrogens (tertiary/aromatic N) is 4. The van der Waals surface area contributed by atoms with Crippen LogP contribution in [0.2, 0.25) is 0 Å². The summed E-state index contributed by atoms with van der Waals surface area (Å²) in [4.78, 5) is 14.1. The van der Waals surface area contributed by atoms with E-state index in [0.29, 0.717) is 13.0 Å². The van der Waals surface area contributed by atoms with E-state index in [1.165, 1.54) is 22.8 Å². The van der Waals surface area contributed by atoms with Gasteiger partial charge in [0, 0.05) is 43.1 Å². The van der Waals surface area contributed by atoms with Gasteiger partial charge in [-0.05, 0) is 23.9 Å². The Morgan fingerprint density at radius 2 is 2.04 bits per heavy atom. The second-order valence-corrected chi connectivity index (χ2v) is 6.99. The fourth-order valence-corrected chi connectivity index (χ4v) is 3.69. The highest BCUT2D eigenvalue weighted by Crippen LogP contribution is 2.33. The van der Waals surface area contributed by atoms with Gasteiger partial charge in [0.1, 0.15) is 0 Å². The van der Waals surface area contributed by atoms with Crippen LogP contribution in [0.4, 0.5) is 18.0 Å². The van der Waals surface area contributed by atoms with Crippen LogP contribution in [0.1, 0.15) is 23.7 Å². The van der Waals surface area contributed by atoms with Gasteiger partial charge in [-0.15, -0.1) is 0 Å². The normalized spacial score (nSPS) is 15.9. The number of urea groups is 1. The number of carbonyl (C=O) groups is 1. The molecular weight excluding hydrogens is 371 g/mol. The summed E-state index contributed by atoms with van der Waals surface area (Å²) in [6.07, 6.45) is -1.56. The average molecular weight is 391 g/mol. The highest BCUT2D eigenvalue weighted by atomic mass is 19.4. The molecule has 1 atom stereocenters. The SMILES string of the molecule is Cn1cc([C@H](NC(=O)N2CCCn3c(cc4ccccc43)C2)C(F)(F)F)cn1. The summed E-state index contributed by atoms with van der Waals surface area (Å²) < 4.78 is 44.0. The summed E-state index contributed by atoms with van der Waals surface area (Å²) in [6.45, 7) is 1.37. The number of alkyl halides is 3. The summed E-state index contributed by atoms with van der Waals surface area (Å²) in [5.41, 5.74) is 1.90. The van der Waals surface area contributed by atoms with E-state index in [4.69, 9.17) is 0 Å².